The van der Waals surface area contributed by atoms with Gasteiger partial charge in [0.05, 0.1) is 13.2 Å². The third kappa shape index (κ3) is 4.07. The van der Waals surface area contributed by atoms with Crippen LogP contribution < -0.4 is 10.5 Å². The van der Waals surface area contributed by atoms with Crippen molar-refractivity contribution in [3.8, 4) is 5.75 Å². The minimum atomic E-state index is -0.669. The van der Waals surface area contributed by atoms with Gasteiger partial charge in [0.25, 0.3) is 0 Å². The second-order valence-electron chi connectivity index (χ2n) is 4.76. The van der Waals surface area contributed by atoms with E-state index in [1.807, 2.05) is 42.5 Å². The van der Waals surface area contributed by atoms with Crippen LogP contribution in [0.4, 0.5) is 0 Å². The summed E-state index contributed by atoms with van der Waals surface area (Å²) in [7, 11) is 1.63. The van der Waals surface area contributed by atoms with E-state index in [0.29, 0.717) is 6.54 Å². The van der Waals surface area contributed by atoms with E-state index in [9.17, 15) is 5.11 Å². The molecular formula is C16H17Br2NO2. The average Bonchev–Trinajstić information content (AvgIpc) is 2.47. The van der Waals surface area contributed by atoms with E-state index >= 15 is 0 Å². The van der Waals surface area contributed by atoms with Crippen LogP contribution in [0.25, 0.3) is 0 Å². The van der Waals surface area contributed by atoms with Gasteiger partial charge in [0.15, 0.2) is 0 Å². The standard InChI is InChI=1S/C16H17Br2NO2/c1-21-14-4-2-10(3-5-14)15(9-19)16(20)11-6-12(17)8-13(18)7-11/h2-8,15-16,20H,9,19H2,1H3. The molecule has 0 aliphatic rings. The Hall–Kier alpha value is -0.880. The number of rotatable bonds is 5. The van der Waals surface area contributed by atoms with Crippen LogP contribution >= 0.6 is 31.9 Å². The van der Waals surface area contributed by atoms with Crippen molar-refractivity contribution in [1.29, 1.82) is 0 Å². The molecule has 2 aromatic carbocycles. The van der Waals surface area contributed by atoms with Crippen molar-refractivity contribution in [1.82, 2.24) is 0 Å². The van der Waals surface area contributed by atoms with Gasteiger partial charge in [-0.1, -0.05) is 44.0 Å². The predicted molar refractivity (Wildman–Crippen MR) is 91.6 cm³/mol. The summed E-state index contributed by atoms with van der Waals surface area (Å²) in [5, 5.41) is 10.7. The summed E-state index contributed by atoms with van der Waals surface area (Å²) in [4.78, 5) is 0. The Morgan fingerprint density at radius 1 is 1.05 bits per heavy atom. The number of halogens is 2. The smallest absolute Gasteiger partial charge is 0.118 e. The number of hydrogen-bond donors (Lipinski definition) is 2. The van der Waals surface area contributed by atoms with E-state index in [1.165, 1.54) is 0 Å². The maximum absolute atomic E-state index is 10.7. The minimum Gasteiger partial charge on any atom is -0.497 e. The first-order valence-corrected chi connectivity index (χ1v) is 8.12. The zero-order chi connectivity index (χ0) is 15.4. The molecule has 5 heteroatoms. The summed E-state index contributed by atoms with van der Waals surface area (Å²) in [5.74, 6) is 0.617. The summed E-state index contributed by atoms with van der Waals surface area (Å²) in [6.45, 7) is 0.359. The highest BCUT2D eigenvalue weighted by Crippen LogP contribution is 2.33. The maximum atomic E-state index is 10.7. The molecule has 2 aromatic rings. The van der Waals surface area contributed by atoms with Crippen LogP contribution in [0.15, 0.2) is 51.4 Å². The van der Waals surface area contributed by atoms with Gasteiger partial charge in [0, 0.05) is 21.4 Å². The Morgan fingerprint density at radius 2 is 1.62 bits per heavy atom. The van der Waals surface area contributed by atoms with E-state index < -0.39 is 6.10 Å². The Bertz CT molecular complexity index is 581. The third-order valence-electron chi connectivity index (χ3n) is 3.41. The Kier molecular flexibility index (Phi) is 5.81. The second-order valence-corrected chi connectivity index (χ2v) is 6.59. The van der Waals surface area contributed by atoms with E-state index in [2.05, 4.69) is 31.9 Å². The van der Waals surface area contributed by atoms with Crippen LogP contribution in [-0.2, 0) is 0 Å². The van der Waals surface area contributed by atoms with Gasteiger partial charge in [0.1, 0.15) is 5.75 Å². The summed E-state index contributed by atoms with van der Waals surface area (Å²) in [5.41, 5.74) is 7.68. The third-order valence-corrected chi connectivity index (χ3v) is 4.32. The van der Waals surface area contributed by atoms with Crippen LogP contribution in [0.5, 0.6) is 5.75 Å². The summed E-state index contributed by atoms with van der Waals surface area (Å²) >= 11 is 6.88. The van der Waals surface area contributed by atoms with Gasteiger partial charge in [-0.15, -0.1) is 0 Å². The van der Waals surface area contributed by atoms with E-state index in [-0.39, 0.29) is 5.92 Å². The topological polar surface area (TPSA) is 55.5 Å². The number of hydrogen-bond acceptors (Lipinski definition) is 3. The van der Waals surface area contributed by atoms with Crippen LogP contribution in [0, 0.1) is 0 Å². The lowest BCUT2D eigenvalue weighted by molar-refractivity contribution is 0.147. The molecule has 21 heavy (non-hydrogen) atoms. The second kappa shape index (κ2) is 7.40. The predicted octanol–water partition coefficient (Wildman–Crippen LogP) is 4.00. The van der Waals surface area contributed by atoms with Crippen molar-refractivity contribution in [3.63, 3.8) is 0 Å². The van der Waals surface area contributed by atoms with Gasteiger partial charge >= 0.3 is 0 Å². The van der Waals surface area contributed by atoms with Crippen molar-refractivity contribution in [2.24, 2.45) is 5.73 Å². The largest absolute Gasteiger partial charge is 0.497 e. The number of ether oxygens (including phenoxy) is 1. The number of methoxy groups -OCH3 is 1. The monoisotopic (exact) mass is 413 g/mol. The lowest BCUT2D eigenvalue weighted by atomic mass is 9.89. The van der Waals surface area contributed by atoms with Gasteiger partial charge in [-0.3, -0.25) is 0 Å². The average molecular weight is 415 g/mol. The SMILES string of the molecule is COc1ccc(C(CN)C(O)c2cc(Br)cc(Br)c2)cc1. The molecule has 0 heterocycles. The quantitative estimate of drug-likeness (QED) is 0.777. The van der Waals surface area contributed by atoms with Crippen molar-refractivity contribution >= 4 is 31.9 Å². The lowest BCUT2D eigenvalue weighted by Crippen LogP contribution is -2.20. The molecule has 0 aliphatic carbocycles. The van der Waals surface area contributed by atoms with Crippen molar-refractivity contribution in [2.45, 2.75) is 12.0 Å². The first kappa shape index (κ1) is 16.5. The molecule has 112 valence electrons. The Balaban J connectivity index is 2.30. The van der Waals surface area contributed by atoms with E-state index in [4.69, 9.17) is 10.5 Å². The minimum absolute atomic E-state index is 0.169. The van der Waals surface area contributed by atoms with Crippen LogP contribution in [-0.4, -0.2) is 18.8 Å². The molecule has 2 rings (SSSR count). The molecule has 0 amide bonds. The molecular weight excluding hydrogens is 398 g/mol. The van der Waals surface area contributed by atoms with Gasteiger partial charge < -0.3 is 15.6 Å². The number of benzene rings is 2. The van der Waals surface area contributed by atoms with Gasteiger partial charge in [-0.05, 0) is 41.5 Å². The molecule has 0 aromatic heterocycles. The highest BCUT2D eigenvalue weighted by atomic mass is 79.9. The molecule has 0 saturated carbocycles. The lowest BCUT2D eigenvalue weighted by Gasteiger charge is -2.23. The normalized spacial score (nSPS) is 13.8. The van der Waals surface area contributed by atoms with E-state index in [1.54, 1.807) is 7.11 Å². The molecule has 0 aliphatic heterocycles. The molecule has 0 radical (unpaired) electrons. The Morgan fingerprint density at radius 3 is 2.10 bits per heavy atom. The van der Waals surface area contributed by atoms with Gasteiger partial charge in [-0.25, -0.2) is 0 Å². The molecule has 2 unspecified atom stereocenters. The van der Waals surface area contributed by atoms with Gasteiger partial charge in [0.2, 0.25) is 0 Å². The number of nitrogens with two attached hydrogens (primary N) is 1. The maximum Gasteiger partial charge on any atom is 0.118 e. The number of aliphatic hydroxyl groups is 1. The highest BCUT2D eigenvalue weighted by molar-refractivity contribution is 9.11. The first-order chi connectivity index (χ1) is 10.0. The zero-order valence-corrected chi connectivity index (χ0v) is 14.8. The molecule has 3 nitrogen and oxygen atoms in total. The van der Waals surface area contributed by atoms with Crippen molar-refractivity contribution < 1.29 is 9.84 Å². The zero-order valence-electron chi connectivity index (χ0n) is 11.6. The number of aliphatic hydroxyl groups excluding tert-OH is 1. The fourth-order valence-electron chi connectivity index (χ4n) is 2.28. The molecule has 2 atom stereocenters. The molecule has 0 saturated heterocycles. The van der Waals surface area contributed by atoms with E-state index in [0.717, 1.165) is 25.8 Å². The van der Waals surface area contributed by atoms with Gasteiger partial charge in [-0.2, -0.15) is 0 Å². The van der Waals surface area contributed by atoms with Crippen LogP contribution in [0.3, 0.4) is 0 Å². The molecule has 0 fully saturated rings. The fourth-order valence-corrected chi connectivity index (χ4v) is 3.61. The first-order valence-electron chi connectivity index (χ1n) is 6.53. The Labute approximate surface area is 141 Å². The van der Waals surface area contributed by atoms with Crippen molar-refractivity contribution in [3.05, 3.63) is 62.5 Å². The summed E-state index contributed by atoms with van der Waals surface area (Å²) in [6.07, 6.45) is -0.669. The molecule has 0 bridgehead atoms. The molecule has 3 N–H and O–H groups in total. The van der Waals surface area contributed by atoms with Crippen molar-refractivity contribution in [2.75, 3.05) is 13.7 Å². The summed E-state index contributed by atoms with van der Waals surface area (Å²) in [6, 6.07) is 13.4. The molecule has 0 spiro atoms. The van der Waals surface area contributed by atoms with Crippen LogP contribution in [0.1, 0.15) is 23.1 Å². The summed E-state index contributed by atoms with van der Waals surface area (Å²) < 4.78 is 6.98. The van der Waals surface area contributed by atoms with Crippen LogP contribution in [0.2, 0.25) is 0 Å². The highest BCUT2D eigenvalue weighted by Gasteiger charge is 2.22. The fraction of sp³-hybridized carbons (Fsp3) is 0.250.